The molecule has 0 saturated carbocycles. The first-order chi connectivity index (χ1) is 15.0. The van der Waals surface area contributed by atoms with Crippen LogP contribution in [0.15, 0.2) is 36.7 Å². The molecule has 1 aromatic carbocycles. The van der Waals surface area contributed by atoms with Crippen LogP contribution < -0.4 is 20.3 Å². The highest BCUT2D eigenvalue weighted by molar-refractivity contribution is 6.06. The third-order valence-electron chi connectivity index (χ3n) is 6.29. The number of fused-ring (bicyclic) bond motifs is 3. The van der Waals surface area contributed by atoms with Crippen LogP contribution >= 0.6 is 0 Å². The third-order valence-corrected chi connectivity index (χ3v) is 6.29. The number of hydrogen-bond donors (Lipinski definition) is 2. The van der Waals surface area contributed by atoms with Crippen LogP contribution in [0.5, 0.6) is 5.75 Å². The summed E-state index contributed by atoms with van der Waals surface area (Å²) in [4.78, 5) is 19.7. The van der Waals surface area contributed by atoms with Crippen molar-refractivity contribution in [2.24, 2.45) is 0 Å². The summed E-state index contributed by atoms with van der Waals surface area (Å²) in [5.41, 5.74) is 2.85. The largest absolute Gasteiger partial charge is 0.496 e. The van der Waals surface area contributed by atoms with Crippen LogP contribution in [0.4, 0.5) is 15.8 Å². The molecule has 7 nitrogen and oxygen atoms in total. The summed E-state index contributed by atoms with van der Waals surface area (Å²) in [7, 11) is 1.50. The summed E-state index contributed by atoms with van der Waals surface area (Å²) in [6.07, 6.45) is 6.80. The number of nitrogens with zero attached hydrogens (tertiary/aromatic N) is 3. The molecule has 2 aromatic heterocycles. The predicted molar refractivity (Wildman–Crippen MR) is 118 cm³/mol. The van der Waals surface area contributed by atoms with Crippen LogP contribution in [0, 0.1) is 12.7 Å². The molecular weight excluding hydrogens is 397 g/mol. The van der Waals surface area contributed by atoms with Crippen molar-refractivity contribution in [3.05, 3.63) is 53.7 Å². The van der Waals surface area contributed by atoms with E-state index in [4.69, 9.17) is 4.74 Å². The normalized spacial score (nSPS) is 20.7. The van der Waals surface area contributed by atoms with Gasteiger partial charge in [0.05, 0.1) is 24.1 Å². The fourth-order valence-corrected chi connectivity index (χ4v) is 4.84. The van der Waals surface area contributed by atoms with Crippen molar-refractivity contribution in [1.29, 1.82) is 0 Å². The molecular formula is C23H26FN5O2. The van der Waals surface area contributed by atoms with E-state index in [0.29, 0.717) is 29.0 Å². The average molecular weight is 423 g/mol. The van der Waals surface area contributed by atoms with Crippen molar-refractivity contribution in [3.63, 3.8) is 0 Å². The fourth-order valence-electron chi connectivity index (χ4n) is 4.84. The third kappa shape index (κ3) is 3.61. The van der Waals surface area contributed by atoms with Crippen LogP contribution in [0.25, 0.3) is 5.65 Å². The van der Waals surface area contributed by atoms with Crippen LogP contribution in [-0.2, 0) is 0 Å². The molecule has 31 heavy (non-hydrogen) atoms. The number of carbonyl (C=O) groups is 1. The number of nitrogens with one attached hydrogen (secondary N) is 2. The number of hydrogen-bond acceptors (Lipinski definition) is 5. The number of carbonyl (C=O) groups excluding carboxylic acids is 1. The number of benzene rings is 1. The monoisotopic (exact) mass is 423 g/mol. The summed E-state index contributed by atoms with van der Waals surface area (Å²) in [6.45, 7) is 3.80. The summed E-state index contributed by atoms with van der Waals surface area (Å²) in [5, 5.41) is 6.16. The first-order valence-corrected chi connectivity index (χ1v) is 10.7. The van der Waals surface area contributed by atoms with E-state index in [1.54, 1.807) is 22.7 Å². The number of pyridine rings is 1. The van der Waals surface area contributed by atoms with E-state index >= 15 is 0 Å². The van der Waals surface area contributed by atoms with Gasteiger partial charge in [0.2, 0.25) is 0 Å². The summed E-state index contributed by atoms with van der Waals surface area (Å²) >= 11 is 0. The van der Waals surface area contributed by atoms with Gasteiger partial charge >= 0.3 is 0 Å². The number of aryl methyl sites for hydroxylation is 1. The Morgan fingerprint density at radius 2 is 2.06 bits per heavy atom. The van der Waals surface area contributed by atoms with E-state index in [2.05, 4.69) is 20.5 Å². The Labute approximate surface area is 180 Å². The molecule has 0 radical (unpaired) electrons. The smallest absolute Gasteiger partial charge is 0.261 e. The lowest BCUT2D eigenvalue weighted by Crippen LogP contribution is -2.38. The number of halogens is 1. The molecule has 5 rings (SSSR count). The van der Waals surface area contributed by atoms with Gasteiger partial charge in [0.15, 0.2) is 0 Å². The number of amides is 1. The number of imidazole rings is 1. The van der Waals surface area contributed by atoms with Gasteiger partial charge in [-0.05, 0) is 50.9 Å². The molecule has 162 valence electrons. The molecule has 0 spiro atoms. The average Bonchev–Trinajstić information content (AvgIpc) is 3.24. The lowest BCUT2D eigenvalue weighted by Gasteiger charge is -2.30. The molecule has 0 aliphatic carbocycles. The van der Waals surface area contributed by atoms with Crippen molar-refractivity contribution in [2.75, 3.05) is 30.4 Å². The minimum absolute atomic E-state index is 0.151. The van der Waals surface area contributed by atoms with Gasteiger partial charge in [-0.15, -0.1) is 0 Å². The Morgan fingerprint density at radius 1 is 1.23 bits per heavy atom. The maximum atomic E-state index is 15.0. The van der Waals surface area contributed by atoms with Gasteiger partial charge in [-0.25, -0.2) is 9.37 Å². The van der Waals surface area contributed by atoms with Gasteiger partial charge in [-0.2, -0.15) is 0 Å². The highest BCUT2D eigenvalue weighted by atomic mass is 19.1. The van der Waals surface area contributed by atoms with Crippen LogP contribution in [0.2, 0.25) is 0 Å². The van der Waals surface area contributed by atoms with Crippen molar-refractivity contribution in [1.82, 2.24) is 14.7 Å². The molecule has 8 heteroatoms. The Morgan fingerprint density at radius 3 is 2.87 bits per heavy atom. The maximum absolute atomic E-state index is 15.0. The van der Waals surface area contributed by atoms with Crippen molar-refractivity contribution >= 4 is 22.9 Å². The standard InChI is InChI=1S/C23H26FN5O2/c1-14-12-28-13-18(21(31-2)10-22(28)26-14)23(30)27-20-6-5-16(9-19(20)24)29-15-3-4-17(29)11-25-8-7-15/h5-6,9-10,12-13,15,17,25H,3-4,7-8,11H2,1-2H3,(H,27,30). The van der Waals surface area contributed by atoms with Gasteiger partial charge in [-0.3, -0.25) is 4.79 Å². The number of rotatable bonds is 4. The Kier molecular flexibility index (Phi) is 5.02. The van der Waals surface area contributed by atoms with Gasteiger partial charge in [0.1, 0.15) is 17.2 Å². The molecule has 2 aliphatic rings. The van der Waals surface area contributed by atoms with Crippen LogP contribution in [-0.4, -0.2) is 47.6 Å². The van der Waals surface area contributed by atoms with E-state index in [1.165, 1.54) is 13.2 Å². The highest BCUT2D eigenvalue weighted by Crippen LogP contribution is 2.35. The zero-order valence-corrected chi connectivity index (χ0v) is 17.7. The Balaban J connectivity index is 1.40. The minimum Gasteiger partial charge on any atom is -0.496 e. The number of anilines is 2. The molecule has 2 bridgehead atoms. The molecule has 3 aromatic rings. The highest BCUT2D eigenvalue weighted by Gasteiger charge is 2.35. The molecule has 2 aliphatic heterocycles. The summed E-state index contributed by atoms with van der Waals surface area (Å²) in [6, 6.07) is 7.61. The van der Waals surface area contributed by atoms with Crippen molar-refractivity contribution < 1.29 is 13.9 Å². The van der Waals surface area contributed by atoms with Gasteiger partial charge in [0, 0.05) is 42.8 Å². The second-order valence-corrected chi connectivity index (χ2v) is 8.31. The van der Waals surface area contributed by atoms with E-state index in [9.17, 15) is 9.18 Å². The lowest BCUT2D eigenvalue weighted by atomic mass is 10.1. The van der Waals surface area contributed by atoms with Crippen molar-refractivity contribution in [2.45, 2.75) is 38.3 Å². The second kappa shape index (κ2) is 7.85. The van der Waals surface area contributed by atoms with Crippen LogP contribution in [0.3, 0.4) is 0 Å². The predicted octanol–water partition coefficient (Wildman–Crippen LogP) is 3.37. The quantitative estimate of drug-likeness (QED) is 0.673. The zero-order valence-electron chi connectivity index (χ0n) is 17.7. The summed E-state index contributed by atoms with van der Waals surface area (Å²) < 4.78 is 22.1. The zero-order chi connectivity index (χ0) is 21.5. The molecule has 2 N–H and O–H groups in total. The van der Waals surface area contributed by atoms with Gasteiger partial charge in [-0.1, -0.05) is 0 Å². The van der Waals surface area contributed by atoms with E-state index < -0.39 is 11.7 Å². The minimum atomic E-state index is -0.444. The number of methoxy groups -OCH3 is 1. The van der Waals surface area contributed by atoms with E-state index in [0.717, 1.165) is 43.7 Å². The molecule has 1 amide bonds. The maximum Gasteiger partial charge on any atom is 0.261 e. The van der Waals surface area contributed by atoms with E-state index in [-0.39, 0.29) is 5.69 Å². The molecule has 2 unspecified atom stereocenters. The molecule has 2 saturated heterocycles. The van der Waals surface area contributed by atoms with Gasteiger partial charge < -0.3 is 24.7 Å². The Hall–Kier alpha value is -3.13. The second-order valence-electron chi connectivity index (χ2n) is 8.31. The number of ether oxygens (including phenoxy) is 1. The SMILES string of the molecule is COc1cc2nc(C)cn2cc1C(=O)Nc1ccc(N2C3CCNCC2CC3)cc1F. The topological polar surface area (TPSA) is 70.9 Å². The fraction of sp³-hybridized carbons (Fsp3) is 0.391. The lowest BCUT2D eigenvalue weighted by molar-refractivity contribution is 0.102. The first kappa shape index (κ1) is 19.8. The van der Waals surface area contributed by atoms with E-state index in [1.807, 2.05) is 19.2 Å². The Bertz CT molecular complexity index is 1130. The van der Waals surface area contributed by atoms with Gasteiger partial charge in [0.25, 0.3) is 5.91 Å². The molecule has 2 atom stereocenters. The first-order valence-electron chi connectivity index (χ1n) is 10.7. The summed E-state index contributed by atoms with van der Waals surface area (Å²) in [5.74, 6) is -0.488. The number of aromatic nitrogens is 2. The van der Waals surface area contributed by atoms with Crippen molar-refractivity contribution in [3.8, 4) is 5.75 Å². The van der Waals surface area contributed by atoms with Crippen LogP contribution in [0.1, 0.15) is 35.3 Å². The molecule has 4 heterocycles. The molecule has 2 fully saturated rings.